The summed E-state index contributed by atoms with van der Waals surface area (Å²) in [5.41, 5.74) is -0.233. The first-order chi connectivity index (χ1) is 13.7. The van der Waals surface area contributed by atoms with Crippen LogP contribution < -0.4 is 15.9 Å². The van der Waals surface area contributed by atoms with Gasteiger partial charge in [0, 0.05) is 19.9 Å². The van der Waals surface area contributed by atoms with Gasteiger partial charge in [-0.15, -0.1) is 17.0 Å². The minimum Gasteiger partial charge on any atom is -0.279 e. The molecule has 148 valence electrons. The number of rotatable bonds is 4. The monoisotopic (exact) mass is 468 g/mol. The van der Waals surface area contributed by atoms with Crippen LogP contribution >= 0.6 is 24.2 Å². The molecule has 1 saturated heterocycles. The number of nitrogens with zero attached hydrogens (tertiary/aromatic N) is 1. The van der Waals surface area contributed by atoms with Crippen molar-refractivity contribution in [2.24, 2.45) is 0 Å². The second-order valence-electron chi connectivity index (χ2n) is 7.04. The van der Waals surface area contributed by atoms with Gasteiger partial charge < -0.3 is 0 Å². The van der Waals surface area contributed by atoms with Crippen LogP contribution in [0, 0.1) is 0 Å². The fourth-order valence-electron chi connectivity index (χ4n) is 4.31. The van der Waals surface area contributed by atoms with Gasteiger partial charge in [0.25, 0.3) is 5.91 Å². The van der Waals surface area contributed by atoms with Crippen molar-refractivity contribution >= 4 is 52.0 Å². The number of carbonyl (C=O) groups is 2. The van der Waals surface area contributed by atoms with Crippen LogP contribution in [0.4, 0.5) is 0 Å². The number of halogens is 1. The number of benzene rings is 3. The summed E-state index contributed by atoms with van der Waals surface area (Å²) in [5.74, 6) is -0.211. The van der Waals surface area contributed by atoms with E-state index in [2.05, 4.69) is 36.4 Å². The lowest BCUT2D eigenvalue weighted by atomic mass is 10.3. The molecular formula is C24H24BrNO2P+. The molecule has 1 unspecified atom stereocenters. The Kier molecular flexibility index (Phi) is 6.66. The van der Waals surface area contributed by atoms with Crippen LogP contribution in [0.1, 0.15) is 13.3 Å². The number of hydrogen-bond acceptors (Lipinski definition) is 2. The molecule has 2 amide bonds. The van der Waals surface area contributed by atoms with E-state index >= 15 is 0 Å². The molecule has 0 radical (unpaired) electrons. The van der Waals surface area contributed by atoms with Crippen LogP contribution in [0.2, 0.25) is 0 Å². The zero-order valence-corrected chi connectivity index (χ0v) is 18.9. The highest BCUT2D eigenvalue weighted by atomic mass is 79.9. The third kappa shape index (κ3) is 3.68. The summed E-state index contributed by atoms with van der Waals surface area (Å²) in [6, 6.07) is 31.1. The minimum atomic E-state index is -2.28. The fraction of sp³-hybridized carbons (Fsp3) is 0.167. The second kappa shape index (κ2) is 9.02. The number of likely N-dealkylation sites (tertiary alicyclic amines) is 1. The zero-order chi connectivity index (χ0) is 19.6. The van der Waals surface area contributed by atoms with Gasteiger partial charge in [0.2, 0.25) is 5.91 Å². The molecule has 3 nitrogen and oxygen atoms in total. The summed E-state index contributed by atoms with van der Waals surface area (Å²) in [4.78, 5) is 26.9. The van der Waals surface area contributed by atoms with Crippen LogP contribution in [0.5, 0.6) is 0 Å². The topological polar surface area (TPSA) is 37.4 Å². The standard InChI is InChI=1S/C24H23NO2P.BrH/c1-19(26)25-18-17-23(24(25)27)28(20-11-5-2-6-12-20,21-13-7-3-8-14-21)22-15-9-4-10-16-22;/h2-16,23H,17-18H2,1H3;1H/q+1;. The summed E-state index contributed by atoms with van der Waals surface area (Å²) < 4.78 is 0. The van der Waals surface area contributed by atoms with E-state index in [4.69, 9.17) is 0 Å². The zero-order valence-electron chi connectivity index (χ0n) is 16.3. The molecule has 1 fully saturated rings. The van der Waals surface area contributed by atoms with E-state index in [0.29, 0.717) is 13.0 Å². The molecule has 0 saturated carbocycles. The Labute approximate surface area is 182 Å². The lowest BCUT2D eigenvalue weighted by Crippen LogP contribution is -2.43. The molecule has 4 rings (SSSR count). The molecule has 29 heavy (non-hydrogen) atoms. The summed E-state index contributed by atoms with van der Waals surface area (Å²) in [6.45, 7) is 1.97. The Bertz CT molecular complexity index is 883. The summed E-state index contributed by atoms with van der Waals surface area (Å²) in [7, 11) is -2.28. The maximum absolute atomic E-state index is 13.4. The van der Waals surface area contributed by atoms with E-state index in [0.717, 1.165) is 0 Å². The van der Waals surface area contributed by atoms with Gasteiger partial charge in [-0.1, -0.05) is 54.6 Å². The molecule has 1 atom stereocenters. The summed E-state index contributed by atoms with van der Waals surface area (Å²) in [5, 5.41) is 3.53. The fourth-order valence-corrected chi connectivity index (χ4v) is 9.19. The predicted octanol–water partition coefficient (Wildman–Crippen LogP) is 3.71. The van der Waals surface area contributed by atoms with Crippen molar-refractivity contribution in [3.8, 4) is 0 Å². The molecule has 5 heteroatoms. The molecule has 0 spiro atoms. The molecular weight excluding hydrogens is 445 g/mol. The average Bonchev–Trinajstić information content (AvgIpc) is 3.13. The van der Waals surface area contributed by atoms with E-state index in [1.54, 1.807) is 0 Å². The van der Waals surface area contributed by atoms with Gasteiger partial charge in [-0.05, 0) is 36.4 Å². The van der Waals surface area contributed by atoms with Crippen LogP contribution in [0.25, 0.3) is 0 Å². The lowest BCUT2D eigenvalue weighted by Gasteiger charge is -2.31. The maximum Gasteiger partial charge on any atom is 0.271 e. The molecule has 3 aromatic rings. The molecule has 0 N–H and O–H groups in total. The summed E-state index contributed by atoms with van der Waals surface area (Å²) >= 11 is 0. The number of imide groups is 1. The lowest BCUT2D eigenvalue weighted by molar-refractivity contribution is -0.140. The number of amides is 2. The van der Waals surface area contributed by atoms with E-state index in [1.165, 1.54) is 27.7 Å². The molecule has 0 bridgehead atoms. The van der Waals surface area contributed by atoms with Crippen LogP contribution in [-0.4, -0.2) is 28.9 Å². The first-order valence-electron chi connectivity index (χ1n) is 9.53. The largest absolute Gasteiger partial charge is 0.279 e. The Morgan fingerprint density at radius 1 is 0.793 bits per heavy atom. The van der Waals surface area contributed by atoms with Crippen LogP contribution in [0.3, 0.4) is 0 Å². The molecule has 1 heterocycles. The van der Waals surface area contributed by atoms with Gasteiger partial charge in [-0.25, -0.2) is 0 Å². The predicted molar refractivity (Wildman–Crippen MR) is 126 cm³/mol. The van der Waals surface area contributed by atoms with Gasteiger partial charge in [0.15, 0.2) is 5.66 Å². The molecule has 1 aliphatic rings. The number of hydrogen-bond donors (Lipinski definition) is 0. The first kappa shape index (κ1) is 21.4. The minimum absolute atomic E-state index is 0. The van der Waals surface area contributed by atoms with Crippen LogP contribution in [0.15, 0.2) is 91.0 Å². The summed E-state index contributed by atoms with van der Waals surface area (Å²) in [6.07, 6.45) is 0.685. The van der Waals surface area contributed by atoms with Crippen molar-refractivity contribution in [3.63, 3.8) is 0 Å². The normalized spacial score (nSPS) is 16.4. The number of carbonyl (C=O) groups excluding carboxylic acids is 2. The Hall–Kier alpha value is -2.29. The van der Waals surface area contributed by atoms with E-state index < -0.39 is 7.26 Å². The van der Waals surface area contributed by atoms with Gasteiger partial charge in [-0.3, -0.25) is 14.5 Å². The van der Waals surface area contributed by atoms with E-state index in [9.17, 15) is 9.59 Å². The molecule has 0 aromatic heterocycles. The first-order valence-corrected chi connectivity index (χ1v) is 11.4. The highest BCUT2D eigenvalue weighted by Crippen LogP contribution is 2.62. The van der Waals surface area contributed by atoms with Crippen molar-refractivity contribution in [2.45, 2.75) is 19.0 Å². The van der Waals surface area contributed by atoms with Crippen molar-refractivity contribution < 1.29 is 9.59 Å². The van der Waals surface area contributed by atoms with E-state index in [-0.39, 0.29) is 34.5 Å². The smallest absolute Gasteiger partial charge is 0.271 e. The second-order valence-corrected chi connectivity index (χ2v) is 10.7. The molecule has 0 aliphatic carbocycles. The van der Waals surface area contributed by atoms with Crippen LogP contribution in [-0.2, 0) is 9.59 Å². The van der Waals surface area contributed by atoms with Crippen molar-refractivity contribution in [2.75, 3.05) is 6.54 Å². The maximum atomic E-state index is 13.4. The Morgan fingerprint density at radius 3 is 1.48 bits per heavy atom. The van der Waals surface area contributed by atoms with Crippen molar-refractivity contribution in [3.05, 3.63) is 91.0 Å². The van der Waals surface area contributed by atoms with Crippen molar-refractivity contribution in [1.82, 2.24) is 4.90 Å². The Balaban J connectivity index is 0.00000240. The van der Waals surface area contributed by atoms with Gasteiger partial charge in [0.1, 0.15) is 23.2 Å². The Morgan fingerprint density at radius 2 is 1.17 bits per heavy atom. The third-order valence-electron chi connectivity index (χ3n) is 5.52. The third-order valence-corrected chi connectivity index (χ3v) is 10.3. The quantitative estimate of drug-likeness (QED) is 0.547. The van der Waals surface area contributed by atoms with E-state index in [1.807, 2.05) is 54.6 Å². The highest BCUT2D eigenvalue weighted by Gasteiger charge is 2.59. The highest BCUT2D eigenvalue weighted by molar-refractivity contribution is 8.93. The molecule has 1 aliphatic heterocycles. The van der Waals surface area contributed by atoms with Gasteiger partial charge >= 0.3 is 0 Å². The van der Waals surface area contributed by atoms with Crippen molar-refractivity contribution in [1.29, 1.82) is 0 Å². The average molecular weight is 469 g/mol. The molecule has 3 aromatic carbocycles. The van der Waals surface area contributed by atoms with Gasteiger partial charge in [0.05, 0.1) is 0 Å². The van der Waals surface area contributed by atoms with Gasteiger partial charge in [-0.2, -0.15) is 0 Å². The SMILES string of the molecule is Br.CC(=O)N1CCC([P+](c2ccccc2)(c2ccccc2)c2ccccc2)C1=O.